The molecule has 23 heavy (non-hydrogen) atoms. The van der Waals surface area contributed by atoms with Gasteiger partial charge in [-0.25, -0.2) is 0 Å². The number of amides is 1. The van der Waals surface area contributed by atoms with Crippen LogP contribution in [-0.2, 0) is 4.79 Å². The second-order valence-corrected chi connectivity index (χ2v) is 6.95. The van der Waals surface area contributed by atoms with Gasteiger partial charge >= 0.3 is 0 Å². The smallest absolute Gasteiger partial charge is 0.223 e. The fourth-order valence-corrected chi connectivity index (χ4v) is 3.64. The molecule has 7 nitrogen and oxygen atoms in total. The highest BCUT2D eigenvalue weighted by Crippen LogP contribution is 2.29. The summed E-state index contributed by atoms with van der Waals surface area (Å²) in [5.41, 5.74) is -0.665. The first-order chi connectivity index (χ1) is 11.0. The Morgan fingerprint density at radius 1 is 1.30 bits per heavy atom. The first kappa shape index (κ1) is 16.4. The summed E-state index contributed by atoms with van der Waals surface area (Å²) in [5.74, 6) is 1.89. The average molecular weight is 322 g/mol. The van der Waals surface area contributed by atoms with E-state index in [9.17, 15) is 9.90 Å². The van der Waals surface area contributed by atoms with E-state index in [0.717, 1.165) is 31.8 Å². The second kappa shape index (κ2) is 6.57. The van der Waals surface area contributed by atoms with Crippen LogP contribution >= 0.6 is 0 Å². The Balaban J connectivity index is 1.48. The number of aryl methyl sites for hydroxylation is 1. The van der Waals surface area contributed by atoms with E-state index in [0.29, 0.717) is 44.3 Å². The molecule has 0 aromatic carbocycles. The lowest BCUT2D eigenvalue weighted by molar-refractivity contribution is -0.133. The van der Waals surface area contributed by atoms with Crippen molar-refractivity contribution in [1.82, 2.24) is 19.9 Å². The molecule has 0 spiro atoms. The third-order valence-corrected chi connectivity index (χ3v) is 5.15. The highest BCUT2D eigenvalue weighted by molar-refractivity contribution is 5.73. The van der Waals surface area contributed by atoms with Crippen molar-refractivity contribution in [2.75, 3.05) is 32.7 Å². The zero-order valence-electron chi connectivity index (χ0n) is 14.0. The maximum atomic E-state index is 11.4. The molecular weight excluding hydrogens is 296 g/mol. The summed E-state index contributed by atoms with van der Waals surface area (Å²) in [7, 11) is 0. The molecule has 2 aliphatic rings. The van der Waals surface area contributed by atoms with Crippen LogP contribution in [0, 0.1) is 6.92 Å². The molecule has 1 aromatic heterocycles. The third-order valence-electron chi connectivity index (χ3n) is 5.15. The van der Waals surface area contributed by atoms with Crippen LogP contribution in [0.3, 0.4) is 0 Å². The van der Waals surface area contributed by atoms with E-state index in [4.69, 9.17) is 4.52 Å². The van der Waals surface area contributed by atoms with Crippen LogP contribution in [0.5, 0.6) is 0 Å². The molecule has 0 radical (unpaired) electrons. The van der Waals surface area contributed by atoms with Crippen molar-refractivity contribution in [3.63, 3.8) is 0 Å². The van der Waals surface area contributed by atoms with E-state index < -0.39 is 5.60 Å². The SMILES string of the molecule is CC(=O)N1CCC(O)(CN2CCC(c3noc(C)n3)CC2)CC1. The molecular formula is C16H26N4O3. The number of hydrogen-bond acceptors (Lipinski definition) is 6. The first-order valence-corrected chi connectivity index (χ1v) is 8.46. The Kier molecular flexibility index (Phi) is 4.68. The minimum atomic E-state index is -0.665. The van der Waals surface area contributed by atoms with Crippen LogP contribution in [0.2, 0.25) is 0 Å². The quantitative estimate of drug-likeness (QED) is 0.891. The number of likely N-dealkylation sites (tertiary alicyclic amines) is 2. The number of carbonyl (C=O) groups excluding carboxylic acids is 1. The Morgan fingerprint density at radius 2 is 1.96 bits per heavy atom. The predicted octanol–water partition coefficient (Wildman–Crippen LogP) is 0.931. The van der Waals surface area contributed by atoms with Gasteiger partial charge in [0.05, 0.1) is 5.60 Å². The lowest BCUT2D eigenvalue weighted by Gasteiger charge is -2.42. The number of hydrogen-bond donors (Lipinski definition) is 1. The number of aromatic nitrogens is 2. The Hall–Kier alpha value is -1.47. The molecule has 1 N–H and O–H groups in total. The van der Waals surface area contributed by atoms with Gasteiger partial charge < -0.3 is 19.4 Å². The fourth-order valence-electron chi connectivity index (χ4n) is 3.64. The maximum absolute atomic E-state index is 11.4. The number of rotatable bonds is 3. The largest absolute Gasteiger partial charge is 0.388 e. The zero-order valence-corrected chi connectivity index (χ0v) is 14.0. The first-order valence-electron chi connectivity index (χ1n) is 8.46. The van der Waals surface area contributed by atoms with Gasteiger partial charge in [0.25, 0.3) is 0 Å². The molecule has 3 rings (SSSR count). The number of carbonyl (C=O) groups is 1. The summed E-state index contributed by atoms with van der Waals surface area (Å²) in [4.78, 5) is 19.9. The second-order valence-electron chi connectivity index (χ2n) is 6.95. The summed E-state index contributed by atoms with van der Waals surface area (Å²) in [6.07, 6.45) is 3.32. The van der Waals surface area contributed by atoms with Crippen molar-refractivity contribution in [3.8, 4) is 0 Å². The van der Waals surface area contributed by atoms with Crippen molar-refractivity contribution < 1.29 is 14.4 Å². The molecule has 0 bridgehead atoms. The Morgan fingerprint density at radius 3 is 2.48 bits per heavy atom. The van der Waals surface area contributed by atoms with Crippen molar-refractivity contribution >= 4 is 5.91 Å². The minimum Gasteiger partial charge on any atom is -0.388 e. The molecule has 2 saturated heterocycles. The normalized spacial score (nSPS) is 23.2. The molecule has 0 unspecified atom stereocenters. The van der Waals surface area contributed by atoms with E-state index >= 15 is 0 Å². The van der Waals surface area contributed by atoms with Crippen LogP contribution < -0.4 is 0 Å². The van der Waals surface area contributed by atoms with E-state index in [1.54, 1.807) is 6.92 Å². The highest BCUT2D eigenvalue weighted by Gasteiger charge is 2.36. The molecule has 3 heterocycles. The van der Waals surface area contributed by atoms with Crippen molar-refractivity contribution in [2.24, 2.45) is 0 Å². The van der Waals surface area contributed by atoms with Crippen LogP contribution in [0.25, 0.3) is 0 Å². The van der Waals surface area contributed by atoms with Gasteiger partial charge in [0, 0.05) is 39.4 Å². The summed E-state index contributed by atoms with van der Waals surface area (Å²) in [5, 5.41) is 14.8. The Labute approximate surface area is 136 Å². The summed E-state index contributed by atoms with van der Waals surface area (Å²) in [6.45, 7) is 7.29. The molecule has 1 aromatic rings. The summed E-state index contributed by atoms with van der Waals surface area (Å²) < 4.78 is 5.06. The molecule has 2 fully saturated rings. The molecule has 1 amide bonds. The lowest BCUT2D eigenvalue weighted by Crippen LogP contribution is -2.52. The molecule has 0 saturated carbocycles. The number of β-amino-alcohol motifs (C(OH)–C–C–N with tert-alkyl or cyclic N) is 1. The molecule has 2 aliphatic heterocycles. The third kappa shape index (κ3) is 3.90. The van der Waals surface area contributed by atoms with Gasteiger partial charge in [-0.1, -0.05) is 5.16 Å². The van der Waals surface area contributed by atoms with Gasteiger partial charge in [-0.2, -0.15) is 4.98 Å². The monoisotopic (exact) mass is 322 g/mol. The van der Waals surface area contributed by atoms with Gasteiger partial charge in [-0.05, 0) is 38.8 Å². The van der Waals surface area contributed by atoms with Gasteiger partial charge in [0.2, 0.25) is 11.8 Å². The van der Waals surface area contributed by atoms with Gasteiger partial charge in [0.1, 0.15) is 0 Å². The topological polar surface area (TPSA) is 82.7 Å². The van der Waals surface area contributed by atoms with Crippen LogP contribution in [0.4, 0.5) is 0 Å². The molecule has 0 aliphatic carbocycles. The van der Waals surface area contributed by atoms with Gasteiger partial charge in [-0.3, -0.25) is 4.79 Å². The average Bonchev–Trinajstić information content (AvgIpc) is 2.95. The van der Waals surface area contributed by atoms with Gasteiger partial charge in [0.15, 0.2) is 5.82 Å². The molecule has 7 heteroatoms. The standard InChI is InChI=1S/C16H26N4O3/c1-12-17-15(18-23-12)14-3-7-19(8-4-14)11-16(22)5-9-20(10-6-16)13(2)21/h14,22H,3-11H2,1-2H3. The van der Waals surface area contributed by atoms with E-state index in [1.165, 1.54) is 0 Å². The van der Waals surface area contributed by atoms with Crippen molar-refractivity contribution in [2.45, 2.75) is 51.0 Å². The maximum Gasteiger partial charge on any atom is 0.223 e. The summed E-state index contributed by atoms with van der Waals surface area (Å²) >= 11 is 0. The van der Waals surface area contributed by atoms with Crippen LogP contribution in [-0.4, -0.2) is 69.3 Å². The zero-order chi connectivity index (χ0) is 16.4. The molecule has 128 valence electrons. The number of aliphatic hydroxyl groups is 1. The number of nitrogens with zero attached hydrogens (tertiary/aromatic N) is 4. The highest BCUT2D eigenvalue weighted by atomic mass is 16.5. The molecule has 0 atom stereocenters. The predicted molar refractivity (Wildman–Crippen MR) is 83.9 cm³/mol. The van der Waals surface area contributed by atoms with Crippen molar-refractivity contribution in [3.05, 3.63) is 11.7 Å². The number of piperidine rings is 2. The van der Waals surface area contributed by atoms with E-state index in [1.807, 2.05) is 11.8 Å². The summed E-state index contributed by atoms with van der Waals surface area (Å²) in [6, 6.07) is 0. The van der Waals surface area contributed by atoms with E-state index in [-0.39, 0.29) is 5.91 Å². The van der Waals surface area contributed by atoms with Crippen molar-refractivity contribution in [1.29, 1.82) is 0 Å². The van der Waals surface area contributed by atoms with E-state index in [2.05, 4.69) is 15.0 Å². The minimum absolute atomic E-state index is 0.100. The Bertz CT molecular complexity index is 543. The van der Waals surface area contributed by atoms with Crippen LogP contribution in [0.1, 0.15) is 50.2 Å². The van der Waals surface area contributed by atoms with Gasteiger partial charge in [-0.15, -0.1) is 0 Å². The lowest BCUT2D eigenvalue weighted by atomic mass is 9.89. The van der Waals surface area contributed by atoms with Crippen LogP contribution in [0.15, 0.2) is 4.52 Å². The fraction of sp³-hybridized carbons (Fsp3) is 0.812.